The largest absolute Gasteiger partial charge is 0.491 e. The molecule has 1 aromatic rings. The van der Waals surface area contributed by atoms with Gasteiger partial charge < -0.3 is 14.4 Å². The highest BCUT2D eigenvalue weighted by molar-refractivity contribution is 5.95. The molecule has 138 valence electrons. The number of hydrogen-bond donors (Lipinski definition) is 0. The summed E-state index contributed by atoms with van der Waals surface area (Å²) in [5.74, 6) is -6.41. The highest BCUT2D eigenvalue weighted by Gasteiger charge is 2.31. The zero-order chi connectivity index (χ0) is 18.6. The second kappa shape index (κ2) is 8.22. The molecule has 2 rings (SSSR count). The van der Waals surface area contributed by atoms with Gasteiger partial charge >= 0.3 is 5.97 Å². The first-order valence-corrected chi connectivity index (χ1v) is 8.08. The average molecular weight is 359 g/mol. The minimum absolute atomic E-state index is 0.200. The molecule has 0 saturated carbocycles. The van der Waals surface area contributed by atoms with E-state index in [0.717, 1.165) is 13.5 Å². The van der Waals surface area contributed by atoms with Crippen LogP contribution in [-0.4, -0.2) is 43.6 Å². The van der Waals surface area contributed by atoms with Crippen molar-refractivity contribution in [2.45, 2.75) is 26.2 Å². The maximum Gasteiger partial charge on any atom is 0.309 e. The Kier molecular flexibility index (Phi) is 6.27. The number of ether oxygens (including phenoxy) is 2. The van der Waals surface area contributed by atoms with Crippen LogP contribution in [0.4, 0.5) is 13.2 Å². The molecular formula is C17H20F3NO4. The lowest BCUT2D eigenvalue weighted by Crippen LogP contribution is -2.41. The van der Waals surface area contributed by atoms with E-state index in [9.17, 15) is 22.8 Å². The smallest absolute Gasteiger partial charge is 0.309 e. The molecule has 1 fully saturated rings. The first-order chi connectivity index (χ1) is 11.9. The van der Waals surface area contributed by atoms with Gasteiger partial charge in [0.1, 0.15) is 0 Å². The summed E-state index contributed by atoms with van der Waals surface area (Å²) in [5.41, 5.74) is -0.595. The van der Waals surface area contributed by atoms with Gasteiger partial charge in [0.2, 0.25) is 5.82 Å². The first kappa shape index (κ1) is 19.1. The summed E-state index contributed by atoms with van der Waals surface area (Å²) in [6.07, 6.45) is 1.47. The molecule has 0 spiro atoms. The van der Waals surface area contributed by atoms with E-state index in [0.29, 0.717) is 25.5 Å². The molecule has 1 heterocycles. The third kappa shape index (κ3) is 4.05. The van der Waals surface area contributed by atoms with Crippen molar-refractivity contribution >= 4 is 11.9 Å². The van der Waals surface area contributed by atoms with E-state index in [1.54, 1.807) is 0 Å². The molecule has 1 aromatic carbocycles. The van der Waals surface area contributed by atoms with Gasteiger partial charge in [0.15, 0.2) is 17.4 Å². The zero-order valence-corrected chi connectivity index (χ0v) is 14.1. The van der Waals surface area contributed by atoms with Crippen molar-refractivity contribution in [3.8, 4) is 5.75 Å². The van der Waals surface area contributed by atoms with Gasteiger partial charge in [-0.15, -0.1) is 0 Å². The number of halogens is 3. The third-order valence-electron chi connectivity index (χ3n) is 4.11. The third-order valence-corrected chi connectivity index (χ3v) is 4.11. The molecule has 1 amide bonds. The van der Waals surface area contributed by atoms with E-state index >= 15 is 0 Å². The monoisotopic (exact) mass is 359 g/mol. The summed E-state index contributed by atoms with van der Waals surface area (Å²) in [5, 5.41) is 0. The molecule has 1 saturated heterocycles. The van der Waals surface area contributed by atoms with Crippen LogP contribution in [0.3, 0.4) is 0 Å². The number of amides is 1. The van der Waals surface area contributed by atoms with Gasteiger partial charge in [-0.3, -0.25) is 9.59 Å². The van der Waals surface area contributed by atoms with Crippen LogP contribution in [-0.2, 0) is 9.53 Å². The summed E-state index contributed by atoms with van der Waals surface area (Å²) in [6, 6.07) is 0.525. The Morgan fingerprint density at radius 1 is 1.20 bits per heavy atom. The van der Waals surface area contributed by atoms with E-state index in [1.165, 1.54) is 4.90 Å². The topological polar surface area (TPSA) is 55.8 Å². The minimum atomic E-state index is -1.48. The number of rotatable bonds is 5. The van der Waals surface area contributed by atoms with Gasteiger partial charge in [-0.2, -0.15) is 4.39 Å². The van der Waals surface area contributed by atoms with Crippen molar-refractivity contribution in [2.24, 2.45) is 5.92 Å². The first-order valence-electron chi connectivity index (χ1n) is 8.08. The minimum Gasteiger partial charge on any atom is -0.491 e. The van der Waals surface area contributed by atoms with Crippen molar-refractivity contribution in [2.75, 3.05) is 26.8 Å². The predicted molar refractivity (Wildman–Crippen MR) is 82.7 cm³/mol. The number of carbonyl (C=O) groups excluding carboxylic acids is 2. The summed E-state index contributed by atoms with van der Waals surface area (Å²) in [6.45, 7) is 2.63. The zero-order valence-electron chi connectivity index (χ0n) is 14.1. The van der Waals surface area contributed by atoms with Crippen molar-refractivity contribution in [1.29, 1.82) is 0 Å². The number of methoxy groups -OCH3 is 1. The SMILES string of the molecule is CCCOC(=O)C1CCN(C(=O)c2cc(F)c(F)c(OC)c2F)CC1. The lowest BCUT2D eigenvalue weighted by molar-refractivity contribution is -0.150. The molecule has 8 heteroatoms. The fraction of sp³-hybridized carbons (Fsp3) is 0.529. The molecule has 0 unspecified atom stereocenters. The second-order valence-corrected chi connectivity index (χ2v) is 5.80. The summed E-state index contributed by atoms with van der Waals surface area (Å²) < 4.78 is 50.8. The van der Waals surface area contributed by atoms with E-state index in [2.05, 4.69) is 4.74 Å². The van der Waals surface area contributed by atoms with E-state index < -0.39 is 34.7 Å². The lowest BCUT2D eigenvalue weighted by atomic mass is 9.96. The van der Waals surface area contributed by atoms with Crippen LogP contribution in [0.5, 0.6) is 5.75 Å². The molecule has 5 nitrogen and oxygen atoms in total. The van der Waals surface area contributed by atoms with Gasteiger partial charge in [0.05, 0.1) is 25.2 Å². The van der Waals surface area contributed by atoms with Crippen molar-refractivity contribution in [1.82, 2.24) is 4.90 Å². The molecule has 0 N–H and O–H groups in total. The Balaban J connectivity index is 2.08. The highest BCUT2D eigenvalue weighted by Crippen LogP contribution is 2.29. The van der Waals surface area contributed by atoms with Crippen LogP contribution < -0.4 is 4.74 Å². The fourth-order valence-electron chi connectivity index (χ4n) is 2.72. The second-order valence-electron chi connectivity index (χ2n) is 5.80. The molecule has 25 heavy (non-hydrogen) atoms. The lowest BCUT2D eigenvalue weighted by Gasteiger charge is -2.31. The predicted octanol–water partition coefficient (Wildman–Crippen LogP) is 2.92. The molecule has 0 atom stereocenters. The summed E-state index contributed by atoms with van der Waals surface area (Å²) in [7, 11) is 0.989. The number of carbonyl (C=O) groups is 2. The number of esters is 1. The van der Waals surface area contributed by atoms with Crippen molar-refractivity contribution < 1.29 is 32.2 Å². The molecular weight excluding hydrogens is 339 g/mol. The van der Waals surface area contributed by atoms with Crippen LogP contribution >= 0.6 is 0 Å². The Hall–Kier alpha value is -2.25. The van der Waals surface area contributed by atoms with Gasteiger partial charge in [0, 0.05) is 13.1 Å². The highest BCUT2D eigenvalue weighted by atomic mass is 19.2. The molecule has 0 aliphatic carbocycles. The molecule has 0 aromatic heterocycles. The molecule has 1 aliphatic heterocycles. The fourth-order valence-corrected chi connectivity index (χ4v) is 2.72. The molecule has 0 radical (unpaired) electrons. The summed E-state index contributed by atoms with van der Waals surface area (Å²) in [4.78, 5) is 25.6. The van der Waals surface area contributed by atoms with Crippen LogP contribution in [0.15, 0.2) is 6.07 Å². The number of nitrogens with zero attached hydrogens (tertiary/aromatic N) is 1. The van der Waals surface area contributed by atoms with Crippen molar-refractivity contribution in [3.05, 3.63) is 29.1 Å². The Bertz CT molecular complexity index is 658. The van der Waals surface area contributed by atoms with Gasteiger partial charge in [-0.1, -0.05) is 6.92 Å². The van der Waals surface area contributed by atoms with Crippen LogP contribution in [0.25, 0.3) is 0 Å². The van der Waals surface area contributed by atoms with Crippen LogP contribution in [0.1, 0.15) is 36.5 Å². The Morgan fingerprint density at radius 3 is 2.40 bits per heavy atom. The number of likely N-dealkylation sites (tertiary alicyclic amines) is 1. The quantitative estimate of drug-likeness (QED) is 0.599. The average Bonchev–Trinajstić information content (AvgIpc) is 2.62. The molecule has 0 bridgehead atoms. The van der Waals surface area contributed by atoms with Crippen molar-refractivity contribution in [3.63, 3.8) is 0 Å². The van der Waals surface area contributed by atoms with Gasteiger partial charge in [-0.25, -0.2) is 8.78 Å². The normalized spacial score (nSPS) is 15.2. The van der Waals surface area contributed by atoms with E-state index in [4.69, 9.17) is 4.74 Å². The van der Waals surface area contributed by atoms with E-state index in [-0.39, 0.29) is 25.0 Å². The van der Waals surface area contributed by atoms with Gasteiger partial charge in [0.25, 0.3) is 5.91 Å². The standard InChI is InChI=1S/C17H20F3NO4/c1-3-8-25-17(23)10-4-6-21(7-5-10)16(22)11-9-12(18)14(20)15(24-2)13(11)19/h9-10H,3-8H2,1-2H3. The summed E-state index contributed by atoms with van der Waals surface area (Å²) >= 11 is 0. The Morgan fingerprint density at radius 2 is 1.84 bits per heavy atom. The number of piperidine rings is 1. The van der Waals surface area contributed by atoms with Crippen LogP contribution in [0.2, 0.25) is 0 Å². The van der Waals surface area contributed by atoms with Gasteiger partial charge in [-0.05, 0) is 25.3 Å². The molecule has 1 aliphatic rings. The Labute approximate surface area is 143 Å². The number of hydrogen-bond acceptors (Lipinski definition) is 4. The maximum atomic E-state index is 14.2. The van der Waals surface area contributed by atoms with E-state index in [1.807, 2.05) is 6.92 Å². The van der Waals surface area contributed by atoms with Crippen LogP contribution in [0, 0.1) is 23.4 Å². The maximum absolute atomic E-state index is 14.2. The number of benzene rings is 1.